The number of unbranched alkanes of at least 4 members (excludes halogenated alkanes) is 20. The lowest BCUT2D eigenvalue weighted by Gasteiger charge is -2.42. The van der Waals surface area contributed by atoms with Gasteiger partial charge in [-0.05, 0) is 76.4 Å². The zero-order valence-corrected chi connectivity index (χ0v) is 41.6. The highest BCUT2D eigenvalue weighted by Gasteiger charge is 2.47. The number of hydrogen-bond donors (Lipinski definition) is 7. The van der Waals surface area contributed by atoms with E-state index in [1.54, 1.807) is 0 Å². The second-order valence-corrected chi connectivity index (χ2v) is 18.4. The van der Waals surface area contributed by atoms with Crippen LogP contribution in [0.2, 0.25) is 0 Å². The first-order valence-electron chi connectivity index (χ1n) is 26.3. The summed E-state index contributed by atoms with van der Waals surface area (Å²) >= 11 is 0. The van der Waals surface area contributed by atoms with E-state index in [9.17, 15) is 45.3 Å². The Bertz CT molecular complexity index is 1380. The molecule has 0 aromatic heterocycles. The molecule has 0 radical (unpaired) electrons. The number of aliphatic hydroxyl groups excluding tert-OH is 7. The van der Waals surface area contributed by atoms with E-state index in [1.165, 1.54) is 89.9 Å². The van der Waals surface area contributed by atoms with Crippen LogP contribution in [-0.2, 0) is 38.0 Å². The third-order valence-electron chi connectivity index (χ3n) is 12.4. The number of ether oxygens (including phenoxy) is 6. The molecule has 0 aromatic rings. The average molecular weight is 969 g/mol. The zero-order valence-electron chi connectivity index (χ0n) is 41.6. The number of carbonyl (C=O) groups is 2. The summed E-state index contributed by atoms with van der Waals surface area (Å²) < 4.78 is 33.5. The van der Waals surface area contributed by atoms with Gasteiger partial charge in [0.15, 0.2) is 18.7 Å². The van der Waals surface area contributed by atoms with Crippen LogP contribution < -0.4 is 0 Å². The lowest BCUT2D eigenvalue weighted by Crippen LogP contribution is -2.61. The van der Waals surface area contributed by atoms with E-state index < -0.39 is 99.3 Å². The zero-order chi connectivity index (χ0) is 49.6. The van der Waals surface area contributed by atoms with Gasteiger partial charge in [-0.1, -0.05) is 134 Å². The van der Waals surface area contributed by atoms with Crippen LogP contribution in [0.4, 0.5) is 0 Å². The van der Waals surface area contributed by atoms with Crippen molar-refractivity contribution in [2.45, 2.75) is 255 Å². The van der Waals surface area contributed by atoms with Gasteiger partial charge in [0.25, 0.3) is 0 Å². The monoisotopic (exact) mass is 969 g/mol. The Morgan fingerprint density at radius 3 is 1.56 bits per heavy atom. The minimum Gasteiger partial charge on any atom is -0.462 e. The Morgan fingerprint density at radius 2 is 0.985 bits per heavy atom. The fourth-order valence-corrected chi connectivity index (χ4v) is 8.00. The Labute approximate surface area is 408 Å². The van der Waals surface area contributed by atoms with Gasteiger partial charge < -0.3 is 64.2 Å². The van der Waals surface area contributed by atoms with E-state index in [1.807, 2.05) is 6.08 Å². The second kappa shape index (κ2) is 40.1. The van der Waals surface area contributed by atoms with Crippen molar-refractivity contribution in [3.05, 3.63) is 42.2 Å². The number of rotatable bonds is 40. The Balaban J connectivity index is 1.83. The van der Waals surface area contributed by atoms with Crippen molar-refractivity contribution in [3.8, 4) is 0 Å². The molecule has 0 amide bonds. The number of hydrogen-bond acceptors (Lipinski definition) is 15. The normalized spacial score (nSPS) is 25.7. The topological polar surface area (TPSA) is 231 Å². The first kappa shape index (κ1) is 61.6. The second-order valence-electron chi connectivity index (χ2n) is 18.4. The fraction of sp³-hybridized carbons (Fsp3) is 0.830. The number of aliphatic hydroxyl groups is 7. The van der Waals surface area contributed by atoms with Crippen molar-refractivity contribution < 1.29 is 73.8 Å². The van der Waals surface area contributed by atoms with Crippen molar-refractivity contribution >= 4 is 11.9 Å². The fourth-order valence-electron chi connectivity index (χ4n) is 8.00. The van der Waals surface area contributed by atoms with E-state index in [0.29, 0.717) is 19.3 Å². The van der Waals surface area contributed by atoms with E-state index in [-0.39, 0.29) is 19.4 Å². The molecule has 11 atom stereocenters. The first-order valence-corrected chi connectivity index (χ1v) is 26.3. The molecule has 15 nitrogen and oxygen atoms in total. The number of carbonyl (C=O) groups excluding carboxylic acids is 2. The molecule has 7 N–H and O–H groups in total. The summed E-state index contributed by atoms with van der Waals surface area (Å²) in [6.07, 6.45) is 23.9. The summed E-state index contributed by atoms with van der Waals surface area (Å²) in [6.45, 7) is 2.51. The summed E-state index contributed by atoms with van der Waals surface area (Å²) in [5.41, 5.74) is 3.28. The van der Waals surface area contributed by atoms with Gasteiger partial charge in [-0.25, -0.2) is 0 Å². The van der Waals surface area contributed by atoms with Crippen LogP contribution in [-0.4, -0.2) is 142 Å². The summed E-state index contributed by atoms with van der Waals surface area (Å²) in [5.74, 6) is -0.998. The van der Waals surface area contributed by atoms with Crippen molar-refractivity contribution in [2.75, 3.05) is 26.4 Å². The van der Waals surface area contributed by atoms with Gasteiger partial charge in [0.1, 0.15) is 55.4 Å². The lowest BCUT2D eigenvalue weighted by molar-refractivity contribution is -0.332. The van der Waals surface area contributed by atoms with Gasteiger partial charge in [-0.15, -0.1) is 5.73 Å². The van der Waals surface area contributed by atoms with Crippen LogP contribution in [0.3, 0.4) is 0 Å². The summed E-state index contributed by atoms with van der Waals surface area (Å²) in [7, 11) is 0. The SMILES string of the molecule is CCCCCCCC=C=CCCCCCCCC(=O)O[C@@H](COC(=O)CCC/C=C/C/C=C/CCCCCCCCCCC)CO[C@@H]1O[C@H](CO[C@@H]2O[C@H](CO)[C@H](O)C(O)C2O)[C@H](O)C(O)C1O. The highest BCUT2D eigenvalue weighted by atomic mass is 16.7. The molecule has 0 spiro atoms. The predicted molar refractivity (Wildman–Crippen MR) is 260 cm³/mol. The third-order valence-corrected chi connectivity index (χ3v) is 12.4. The van der Waals surface area contributed by atoms with E-state index in [2.05, 4.69) is 50.0 Å². The third kappa shape index (κ3) is 27.8. The van der Waals surface area contributed by atoms with Gasteiger partial charge in [0.05, 0.1) is 19.8 Å². The van der Waals surface area contributed by atoms with E-state index >= 15 is 0 Å². The minimum absolute atomic E-state index is 0.136. The molecule has 0 aliphatic carbocycles. The van der Waals surface area contributed by atoms with Crippen LogP contribution in [0.5, 0.6) is 0 Å². The van der Waals surface area contributed by atoms with E-state index in [0.717, 1.165) is 51.4 Å². The molecule has 394 valence electrons. The van der Waals surface area contributed by atoms with Gasteiger partial charge in [-0.2, -0.15) is 0 Å². The van der Waals surface area contributed by atoms with Crippen molar-refractivity contribution in [1.82, 2.24) is 0 Å². The van der Waals surface area contributed by atoms with Crippen molar-refractivity contribution in [3.63, 3.8) is 0 Å². The van der Waals surface area contributed by atoms with Gasteiger partial charge >= 0.3 is 11.9 Å². The standard InChI is InChI=1S/C53H92O15/c1-3-5-7-9-11-13-15-17-19-20-22-23-25-27-29-31-33-35-44(55)63-38-41(66-45(56)36-34-32-30-28-26-24-21-18-16-14-12-10-8-6-4-2)39-64-52-51(62)49(60)47(58)43(68-52)40-65-53-50(61)48(59)46(57)42(37-54)67-53/h16,21-23,27,29,41-43,46-54,57-62H,3-15,17,19-20,24-26,28,30-40H2,1-2H3/b23-22+,29-27+/t18?,41-,42+,43+,46-,47-,48?,49?,50?,51?,52+,53+/m0/s1. The quantitative estimate of drug-likeness (QED) is 0.0137. The molecule has 0 aromatic carbocycles. The van der Waals surface area contributed by atoms with Crippen molar-refractivity contribution in [2.24, 2.45) is 0 Å². The molecule has 2 saturated heterocycles. The molecule has 2 fully saturated rings. The number of esters is 2. The van der Waals surface area contributed by atoms with E-state index in [4.69, 9.17) is 28.4 Å². The molecule has 0 bridgehead atoms. The Hall–Kier alpha value is -2.50. The molecule has 15 heteroatoms. The molecule has 2 aliphatic heterocycles. The summed E-state index contributed by atoms with van der Waals surface area (Å²) in [4.78, 5) is 25.7. The molecule has 2 rings (SSSR count). The smallest absolute Gasteiger partial charge is 0.306 e. The summed E-state index contributed by atoms with van der Waals surface area (Å²) in [5, 5.41) is 72.1. The van der Waals surface area contributed by atoms with Gasteiger partial charge in [-0.3, -0.25) is 9.59 Å². The maximum absolute atomic E-state index is 13.0. The average Bonchev–Trinajstić information content (AvgIpc) is 3.33. The molecule has 2 aliphatic rings. The first-order chi connectivity index (χ1) is 33.0. The molecule has 2 heterocycles. The van der Waals surface area contributed by atoms with Gasteiger partial charge in [0, 0.05) is 12.8 Å². The van der Waals surface area contributed by atoms with Crippen LogP contribution in [0.15, 0.2) is 42.2 Å². The number of allylic oxidation sites excluding steroid dienone is 5. The lowest BCUT2D eigenvalue weighted by atomic mass is 9.98. The van der Waals surface area contributed by atoms with Gasteiger partial charge in [0.2, 0.25) is 0 Å². The maximum Gasteiger partial charge on any atom is 0.306 e. The molecular formula is C53H92O15. The molecule has 0 saturated carbocycles. The molecule has 68 heavy (non-hydrogen) atoms. The molecule has 4 unspecified atom stereocenters. The predicted octanol–water partition coefficient (Wildman–Crippen LogP) is 7.48. The summed E-state index contributed by atoms with van der Waals surface area (Å²) in [6, 6.07) is 0. The van der Waals surface area contributed by atoms with Crippen LogP contribution in [0, 0.1) is 0 Å². The van der Waals surface area contributed by atoms with Crippen LogP contribution in [0.1, 0.15) is 187 Å². The van der Waals surface area contributed by atoms with Crippen molar-refractivity contribution in [1.29, 1.82) is 0 Å². The minimum atomic E-state index is -1.77. The largest absolute Gasteiger partial charge is 0.462 e. The Kier molecular flexibility index (Phi) is 36.4. The highest BCUT2D eigenvalue weighted by molar-refractivity contribution is 5.70. The van der Waals surface area contributed by atoms with Crippen LogP contribution in [0.25, 0.3) is 0 Å². The van der Waals surface area contributed by atoms with Crippen LogP contribution >= 0.6 is 0 Å². The Morgan fingerprint density at radius 1 is 0.515 bits per heavy atom. The highest BCUT2D eigenvalue weighted by Crippen LogP contribution is 2.26. The molecular weight excluding hydrogens is 877 g/mol. The maximum atomic E-state index is 13.0.